The largest absolute Gasteiger partial charge is 0.497 e. The van der Waals surface area contributed by atoms with Crippen LogP contribution in [0.15, 0.2) is 36.9 Å². The molecule has 2 rings (SSSR count). The van der Waals surface area contributed by atoms with Gasteiger partial charge in [0.15, 0.2) is 0 Å². The van der Waals surface area contributed by atoms with Gasteiger partial charge in [-0.15, -0.1) is 0 Å². The number of nitrogens with one attached hydrogen (secondary N) is 1. The molecule has 6 nitrogen and oxygen atoms in total. The third kappa shape index (κ3) is 3.31. The Balaban J connectivity index is 1.89. The lowest BCUT2D eigenvalue weighted by Crippen LogP contribution is -2.30. The molecule has 1 atom stereocenters. The first-order valence-electron chi connectivity index (χ1n) is 5.95. The normalized spacial score (nSPS) is 11.9. The number of rotatable bonds is 5. The summed E-state index contributed by atoms with van der Waals surface area (Å²) in [6.45, 7) is 2.25. The lowest BCUT2D eigenvalue weighted by atomic mass is 10.2. The van der Waals surface area contributed by atoms with Crippen molar-refractivity contribution in [3.63, 3.8) is 0 Å². The monoisotopic (exact) mass is 260 g/mol. The molecule has 0 saturated heterocycles. The zero-order valence-electron chi connectivity index (χ0n) is 10.9. The molecule has 1 N–H and O–H groups in total. The number of carbonyl (C=O) groups is 1. The van der Waals surface area contributed by atoms with Crippen molar-refractivity contribution in [1.29, 1.82) is 0 Å². The second-order valence-electron chi connectivity index (χ2n) is 4.12. The smallest absolute Gasteiger partial charge is 0.244 e. The van der Waals surface area contributed by atoms with Crippen LogP contribution in [0.5, 0.6) is 5.75 Å². The SMILES string of the molecule is COc1ccc(CNC(=O)C(C)n2cncn2)cc1. The highest BCUT2D eigenvalue weighted by Crippen LogP contribution is 2.11. The van der Waals surface area contributed by atoms with Crippen LogP contribution in [0, 0.1) is 0 Å². The molecule has 19 heavy (non-hydrogen) atoms. The average Bonchev–Trinajstić information content (AvgIpc) is 2.98. The van der Waals surface area contributed by atoms with Gasteiger partial charge in [-0.05, 0) is 24.6 Å². The van der Waals surface area contributed by atoms with E-state index in [1.807, 2.05) is 24.3 Å². The lowest BCUT2D eigenvalue weighted by molar-refractivity contribution is -0.124. The number of nitrogens with zero attached hydrogens (tertiary/aromatic N) is 3. The summed E-state index contributed by atoms with van der Waals surface area (Å²) in [5.74, 6) is 0.701. The predicted molar refractivity (Wildman–Crippen MR) is 69.6 cm³/mol. The summed E-state index contributed by atoms with van der Waals surface area (Å²) >= 11 is 0. The molecule has 0 aliphatic carbocycles. The number of hydrogen-bond donors (Lipinski definition) is 1. The predicted octanol–water partition coefficient (Wildman–Crippen LogP) is 1.16. The molecule has 0 spiro atoms. The zero-order valence-corrected chi connectivity index (χ0v) is 10.9. The van der Waals surface area contributed by atoms with Gasteiger partial charge < -0.3 is 10.1 Å². The second-order valence-corrected chi connectivity index (χ2v) is 4.12. The maximum absolute atomic E-state index is 11.9. The molecule has 1 aromatic carbocycles. The summed E-state index contributed by atoms with van der Waals surface area (Å²) in [7, 11) is 1.62. The van der Waals surface area contributed by atoms with Gasteiger partial charge in [0.05, 0.1) is 7.11 Å². The number of benzene rings is 1. The highest BCUT2D eigenvalue weighted by atomic mass is 16.5. The van der Waals surface area contributed by atoms with Crippen molar-refractivity contribution in [2.24, 2.45) is 0 Å². The zero-order chi connectivity index (χ0) is 13.7. The average molecular weight is 260 g/mol. The van der Waals surface area contributed by atoms with Crippen LogP contribution in [-0.2, 0) is 11.3 Å². The Labute approximate surface area is 111 Å². The van der Waals surface area contributed by atoms with Gasteiger partial charge in [0.25, 0.3) is 0 Å². The van der Waals surface area contributed by atoms with Crippen LogP contribution in [0.1, 0.15) is 18.5 Å². The van der Waals surface area contributed by atoms with Gasteiger partial charge in [-0.3, -0.25) is 4.79 Å². The molecule has 0 radical (unpaired) electrons. The third-order valence-electron chi connectivity index (χ3n) is 2.84. The number of hydrogen-bond acceptors (Lipinski definition) is 4. The molecule has 1 aromatic heterocycles. The number of aromatic nitrogens is 3. The minimum Gasteiger partial charge on any atom is -0.497 e. The van der Waals surface area contributed by atoms with Crippen LogP contribution in [0.4, 0.5) is 0 Å². The molecule has 1 unspecified atom stereocenters. The first-order valence-corrected chi connectivity index (χ1v) is 5.95. The first kappa shape index (κ1) is 13.1. The molecule has 2 aromatic rings. The van der Waals surface area contributed by atoms with Crippen LogP contribution in [0.2, 0.25) is 0 Å². The van der Waals surface area contributed by atoms with Gasteiger partial charge >= 0.3 is 0 Å². The lowest BCUT2D eigenvalue weighted by Gasteiger charge is -2.12. The topological polar surface area (TPSA) is 69.0 Å². The van der Waals surface area contributed by atoms with Crippen LogP contribution in [-0.4, -0.2) is 27.8 Å². The van der Waals surface area contributed by atoms with Gasteiger partial charge in [-0.2, -0.15) is 5.10 Å². The summed E-state index contributed by atoms with van der Waals surface area (Å²) in [5, 5.41) is 6.80. The quantitative estimate of drug-likeness (QED) is 0.876. The Morgan fingerprint density at radius 3 is 2.74 bits per heavy atom. The summed E-state index contributed by atoms with van der Waals surface area (Å²) < 4.78 is 6.59. The van der Waals surface area contributed by atoms with Gasteiger partial charge in [0.1, 0.15) is 24.4 Å². The summed E-state index contributed by atoms with van der Waals surface area (Å²) in [6, 6.07) is 7.18. The van der Waals surface area contributed by atoms with Crippen molar-refractivity contribution in [3.8, 4) is 5.75 Å². The molecule has 1 amide bonds. The third-order valence-corrected chi connectivity index (χ3v) is 2.84. The minimum absolute atomic E-state index is 0.0960. The van der Waals surface area contributed by atoms with Gasteiger partial charge in [0.2, 0.25) is 5.91 Å². The Morgan fingerprint density at radius 2 is 2.16 bits per heavy atom. The highest BCUT2D eigenvalue weighted by molar-refractivity contribution is 5.79. The maximum Gasteiger partial charge on any atom is 0.244 e. The van der Waals surface area contributed by atoms with Crippen LogP contribution in [0.25, 0.3) is 0 Å². The van der Waals surface area contributed by atoms with E-state index in [-0.39, 0.29) is 11.9 Å². The van der Waals surface area contributed by atoms with E-state index >= 15 is 0 Å². The molecule has 6 heteroatoms. The van der Waals surface area contributed by atoms with Crippen molar-refractivity contribution < 1.29 is 9.53 Å². The molecule has 0 fully saturated rings. The fourth-order valence-electron chi connectivity index (χ4n) is 1.62. The van der Waals surface area contributed by atoms with E-state index in [0.717, 1.165) is 11.3 Å². The first-order chi connectivity index (χ1) is 9.20. The Bertz CT molecular complexity index is 522. The fraction of sp³-hybridized carbons (Fsp3) is 0.308. The molecular formula is C13H16N4O2. The Kier molecular flexibility index (Phi) is 4.12. The van der Waals surface area contributed by atoms with E-state index in [1.165, 1.54) is 17.3 Å². The van der Waals surface area contributed by atoms with Gasteiger partial charge in [0, 0.05) is 6.54 Å². The molecule has 0 saturated carbocycles. The Hall–Kier alpha value is -2.37. The van der Waals surface area contributed by atoms with E-state index in [9.17, 15) is 4.79 Å². The maximum atomic E-state index is 11.9. The van der Waals surface area contributed by atoms with Crippen LogP contribution in [0.3, 0.4) is 0 Å². The van der Waals surface area contributed by atoms with Crippen molar-refractivity contribution in [2.45, 2.75) is 19.5 Å². The summed E-state index contributed by atoms with van der Waals surface area (Å²) in [6.07, 6.45) is 2.94. The van der Waals surface area contributed by atoms with E-state index in [4.69, 9.17) is 4.74 Å². The molecule has 0 aliphatic heterocycles. The van der Waals surface area contributed by atoms with Crippen LogP contribution < -0.4 is 10.1 Å². The minimum atomic E-state index is -0.374. The second kappa shape index (κ2) is 5.99. The van der Waals surface area contributed by atoms with E-state index < -0.39 is 0 Å². The summed E-state index contributed by atoms with van der Waals surface area (Å²) in [5.41, 5.74) is 1.01. The highest BCUT2D eigenvalue weighted by Gasteiger charge is 2.14. The fourth-order valence-corrected chi connectivity index (χ4v) is 1.62. The van der Waals surface area contributed by atoms with Gasteiger partial charge in [-0.1, -0.05) is 12.1 Å². The number of methoxy groups -OCH3 is 1. The Morgan fingerprint density at radius 1 is 1.42 bits per heavy atom. The summed E-state index contributed by atoms with van der Waals surface area (Å²) in [4.78, 5) is 15.7. The number of ether oxygens (including phenoxy) is 1. The number of amides is 1. The van der Waals surface area contributed by atoms with Crippen molar-refractivity contribution in [2.75, 3.05) is 7.11 Å². The van der Waals surface area contributed by atoms with Crippen LogP contribution >= 0.6 is 0 Å². The van der Waals surface area contributed by atoms with E-state index in [1.54, 1.807) is 14.0 Å². The van der Waals surface area contributed by atoms with Crippen molar-refractivity contribution in [3.05, 3.63) is 42.5 Å². The molecular weight excluding hydrogens is 244 g/mol. The van der Waals surface area contributed by atoms with E-state index in [0.29, 0.717) is 6.54 Å². The van der Waals surface area contributed by atoms with E-state index in [2.05, 4.69) is 15.4 Å². The molecule has 0 aliphatic rings. The molecule has 100 valence electrons. The molecule has 0 bridgehead atoms. The standard InChI is InChI=1S/C13H16N4O2/c1-10(17-9-14-8-16-17)13(18)15-7-11-3-5-12(19-2)6-4-11/h3-6,8-10H,7H2,1-2H3,(H,15,18). The number of carbonyl (C=O) groups excluding carboxylic acids is 1. The van der Waals surface area contributed by atoms with Crippen molar-refractivity contribution in [1.82, 2.24) is 20.1 Å². The van der Waals surface area contributed by atoms with Crippen molar-refractivity contribution >= 4 is 5.91 Å². The molecule has 1 heterocycles. The van der Waals surface area contributed by atoms with Gasteiger partial charge in [-0.25, -0.2) is 9.67 Å².